The molecule has 0 aliphatic heterocycles. The fourth-order valence-electron chi connectivity index (χ4n) is 0.440. The van der Waals surface area contributed by atoms with Crippen LogP contribution in [0.4, 0.5) is 0 Å². The Bertz CT molecular complexity index is 256. The topological polar surface area (TPSA) is 69.2 Å². The Hall–Kier alpha value is -1.81. The number of hydrogen-bond donors (Lipinski definition) is 1. The van der Waals surface area contributed by atoms with E-state index < -0.39 is 6.04 Å². The van der Waals surface area contributed by atoms with Crippen LogP contribution in [0.3, 0.4) is 0 Å². The number of nitrogens with one attached hydrogen (secondary N) is 1. The van der Waals surface area contributed by atoms with Gasteiger partial charge in [0.1, 0.15) is 11.8 Å². The standard InChI is InChI=1S/C8H9N3O/c1-3-8(7(10)5-9)11-6-12-4-2/h1,6,8,10H,4H2,2H3. The Kier molecular flexibility index (Phi) is 5.04. The molecule has 4 heteroatoms. The normalized spacial score (nSPS) is 11.6. The molecule has 0 spiro atoms. The predicted octanol–water partition coefficient (Wildman–Crippen LogP) is 0.596. The van der Waals surface area contributed by atoms with Gasteiger partial charge in [-0.2, -0.15) is 5.26 Å². The van der Waals surface area contributed by atoms with Gasteiger partial charge in [-0.1, -0.05) is 5.92 Å². The third-order valence-corrected chi connectivity index (χ3v) is 1.00. The molecule has 12 heavy (non-hydrogen) atoms. The Labute approximate surface area is 71.4 Å². The second-order valence-electron chi connectivity index (χ2n) is 1.80. The molecule has 1 atom stereocenters. The molecule has 4 nitrogen and oxygen atoms in total. The minimum atomic E-state index is -0.818. The molecule has 0 bridgehead atoms. The number of ether oxygens (including phenoxy) is 1. The summed E-state index contributed by atoms with van der Waals surface area (Å²) in [6.07, 6.45) is 6.18. The van der Waals surface area contributed by atoms with Crippen LogP contribution < -0.4 is 0 Å². The number of nitriles is 1. The van der Waals surface area contributed by atoms with Gasteiger partial charge in [-0.3, -0.25) is 5.41 Å². The third-order valence-electron chi connectivity index (χ3n) is 1.00. The molecule has 0 saturated heterocycles. The third kappa shape index (κ3) is 3.38. The molecule has 0 rings (SSSR count). The highest BCUT2D eigenvalue weighted by molar-refractivity contribution is 6.02. The van der Waals surface area contributed by atoms with Crippen molar-refractivity contribution in [3.05, 3.63) is 0 Å². The second-order valence-corrected chi connectivity index (χ2v) is 1.80. The molecule has 0 aliphatic carbocycles. The Morgan fingerprint density at radius 1 is 1.92 bits per heavy atom. The fraction of sp³-hybridized carbons (Fsp3) is 0.375. The summed E-state index contributed by atoms with van der Waals surface area (Å²) in [7, 11) is 0. The van der Waals surface area contributed by atoms with Crippen molar-refractivity contribution in [2.75, 3.05) is 6.61 Å². The summed E-state index contributed by atoms with van der Waals surface area (Å²) in [5.41, 5.74) is -0.256. The van der Waals surface area contributed by atoms with Crippen molar-refractivity contribution in [2.24, 2.45) is 4.99 Å². The summed E-state index contributed by atoms with van der Waals surface area (Å²) in [6.45, 7) is 2.28. The van der Waals surface area contributed by atoms with E-state index in [2.05, 4.69) is 10.9 Å². The highest BCUT2D eigenvalue weighted by Gasteiger charge is 2.07. The number of terminal acetylenes is 1. The molecule has 62 valence electrons. The molecular weight excluding hydrogens is 154 g/mol. The molecule has 0 saturated carbocycles. The Balaban J connectivity index is 4.13. The summed E-state index contributed by atoms with van der Waals surface area (Å²) >= 11 is 0. The monoisotopic (exact) mass is 163 g/mol. The van der Waals surface area contributed by atoms with Gasteiger partial charge in [0.25, 0.3) is 0 Å². The van der Waals surface area contributed by atoms with E-state index in [1.54, 1.807) is 13.0 Å². The highest BCUT2D eigenvalue weighted by Crippen LogP contribution is 1.89. The van der Waals surface area contributed by atoms with Crippen LogP contribution in [0.25, 0.3) is 0 Å². The fourth-order valence-corrected chi connectivity index (χ4v) is 0.440. The molecule has 1 N–H and O–H groups in total. The molecule has 0 fully saturated rings. The average molecular weight is 163 g/mol. The molecule has 0 aliphatic rings. The first kappa shape index (κ1) is 10.2. The predicted molar refractivity (Wildman–Crippen MR) is 46.1 cm³/mol. The van der Waals surface area contributed by atoms with Crippen LogP contribution in [-0.2, 0) is 4.74 Å². The number of rotatable bonds is 4. The zero-order valence-corrected chi connectivity index (χ0v) is 6.74. The first-order valence-electron chi connectivity index (χ1n) is 3.34. The molecule has 0 heterocycles. The SMILES string of the molecule is C#CC(N=COCC)C(=N)C#N. The van der Waals surface area contributed by atoms with Gasteiger partial charge in [-0.25, -0.2) is 4.99 Å². The minimum Gasteiger partial charge on any atom is -0.484 e. The van der Waals surface area contributed by atoms with E-state index in [-0.39, 0.29) is 5.71 Å². The quantitative estimate of drug-likeness (QED) is 0.374. The minimum absolute atomic E-state index is 0.256. The molecule has 1 unspecified atom stereocenters. The van der Waals surface area contributed by atoms with E-state index in [0.717, 1.165) is 6.40 Å². The van der Waals surface area contributed by atoms with Crippen LogP contribution in [0.2, 0.25) is 0 Å². The summed E-state index contributed by atoms with van der Waals surface area (Å²) in [5, 5.41) is 15.4. The zero-order valence-electron chi connectivity index (χ0n) is 6.74. The van der Waals surface area contributed by atoms with E-state index in [0.29, 0.717) is 6.61 Å². The first-order chi connectivity index (χ1) is 5.76. The van der Waals surface area contributed by atoms with Crippen molar-refractivity contribution in [1.82, 2.24) is 0 Å². The van der Waals surface area contributed by atoms with Crippen molar-refractivity contribution in [1.29, 1.82) is 10.7 Å². The van der Waals surface area contributed by atoms with Gasteiger partial charge in [-0.05, 0) is 6.92 Å². The summed E-state index contributed by atoms with van der Waals surface area (Å²) < 4.78 is 4.77. The van der Waals surface area contributed by atoms with Crippen LogP contribution in [0.1, 0.15) is 6.92 Å². The smallest absolute Gasteiger partial charge is 0.171 e. The largest absolute Gasteiger partial charge is 0.484 e. The second kappa shape index (κ2) is 5.94. The molecule has 0 aromatic rings. The van der Waals surface area contributed by atoms with E-state index in [1.165, 1.54) is 0 Å². The number of hydrogen-bond acceptors (Lipinski definition) is 4. The zero-order chi connectivity index (χ0) is 9.40. The Morgan fingerprint density at radius 3 is 3.00 bits per heavy atom. The van der Waals surface area contributed by atoms with Gasteiger partial charge in [-0.15, -0.1) is 6.42 Å². The van der Waals surface area contributed by atoms with Crippen LogP contribution in [0.5, 0.6) is 0 Å². The van der Waals surface area contributed by atoms with E-state index in [9.17, 15) is 0 Å². The van der Waals surface area contributed by atoms with Crippen LogP contribution in [0.15, 0.2) is 4.99 Å². The lowest BCUT2D eigenvalue weighted by Crippen LogP contribution is -2.13. The molecule has 0 aromatic carbocycles. The van der Waals surface area contributed by atoms with Crippen molar-refractivity contribution in [3.8, 4) is 18.4 Å². The summed E-state index contributed by atoms with van der Waals surface area (Å²) in [4.78, 5) is 3.67. The van der Waals surface area contributed by atoms with Crippen molar-refractivity contribution in [3.63, 3.8) is 0 Å². The molecule has 0 aromatic heterocycles. The maximum absolute atomic E-state index is 8.31. The van der Waals surface area contributed by atoms with E-state index >= 15 is 0 Å². The average Bonchev–Trinajstić information content (AvgIpc) is 2.11. The van der Waals surface area contributed by atoms with Gasteiger partial charge < -0.3 is 4.74 Å². The Morgan fingerprint density at radius 2 is 2.58 bits per heavy atom. The van der Waals surface area contributed by atoms with Gasteiger partial charge in [0.15, 0.2) is 12.4 Å². The lowest BCUT2D eigenvalue weighted by Gasteiger charge is -1.98. The van der Waals surface area contributed by atoms with Crippen LogP contribution >= 0.6 is 0 Å². The molecule has 0 amide bonds. The maximum atomic E-state index is 8.31. The van der Waals surface area contributed by atoms with Crippen molar-refractivity contribution < 1.29 is 4.74 Å². The van der Waals surface area contributed by atoms with Crippen LogP contribution in [-0.4, -0.2) is 24.8 Å². The number of aliphatic imine (C=N–C) groups is 1. The van der Waals surface area contributed by atoms with Crippen LogP contribution in [0, 0.1) is 29.1 Å². The maximum Gasteiger partial charge on any atom is 0.171 e. The molecular formula is C8H9N3O. The summed E-state index contributed by atoms with van der Waals surface area (Å²) in [5.74, 6) is 2.19. The lowest BCUT2D eigenvalue weighted by molar-refractivity contribution is 0.342. The van der Waals surface area contributed by atoms with Crippen molar-refractivity contribution >= 4 is 12.1 Å². The van der Waals surface area contributed by atoms with Gasteiger partial charge >= 0.3 is 0 Å². The lowest BCUT2D eigenvalue weighted by atomic mass is 10.2. The highest BCUT2D eigenvalue weighted by atomic mass is 16.5. The van der Waals surface area contributed by atoms with Gasteiger partial charge in [0, 0.05) is 0 Å². The first-order valence-corrected chi connectivity index (χ1v) is 3.34. The van der Waals surface area contributed by atoms with Gasteiger partial charge in [0.2, 0.25) is 0 Å². The summed E-state index contributed by atoms with van der Waals surface area (Å²) in [6, 6.07) is 0.796. The van der Waals surface area contributed by atoms with E-state index in [1.807, 2.05) is 0 Å². The van der Waals surface area contributed by atoms with Gasteiger partial charge in [0.05, 0.1) is 6.61 Å². The number of nitrogens with zero attached hydrogens (tertiary/aromatic N) is 2. The molecule has 0 radical (unpaired) electrons. The van der Waals surface area contributed by atoms with Crippen molar-refractivity contribution in [2.45, 2.75) is 13.0 Å². The van der Waals surface area contributed by atoms with E-state index in [4.69, 9.17) is 21.8 Å².